The minimum absolute atomic E-state index is 0.0762. The Labute approximate surface area is 128 Å². The van der Waals surface area contributed by atoms with Crippen LogP contribution in [0.1, 0.15) is 11.7 Å². The van der Waals surface area contributed by atoms with Crippen LogP contribution in [0.5, 0.6) is 0 Å². The first-order chi connectivity index (χ1) is 10.5. The van der Waals surface area contributed by atoms with E-state index in [1.165, 1.54) is 18.4 Å². The molecule has 3 rings (SSSR count). The third-order valence-electron chi connectivity index (χ3n) is 3.68. The molecule has 0 unspecified atom stereocenters. The summed E-state index contributed by atoms with van der Waals surface area (Å²) < 4.78 is 5.20. The van der Waals surface area contributed by atoms with Gasteiger partial charge < -0.3 is 25.2 Å². The molecule has 3 heterocycles. The first-order valence-corrected chi connectivity index (χ1v) is 7.68. The fourth-order valence-corrected chi connectivity index (χ4v) is 2.91. The predicted octanol–water partition coefficient (Wildman–Crippen LogP) is -2.14. The summed E-state index contributed by atoms with van der Waals surface area (Å²) in [5.74, 6) is 5.80. The molecular weight excluding hydrogens is 312 g/mol. The van der Waals surface area contributed by atoms with E-state index in [0.29, 0.717) is 5.69 Å². The summed E-state index contributed by atoms with van der Waals surface area (Å²) in [6.07, 6.45) is 0.832. The average Bonchev–Trinajstić information content (AvgIpc) is 2.97. The zero-order valence-electron chi connectivity index (χ0n) is 11.6. The quantitative estimate of drug-likeness (QED) is 0.313. The number of nitrogen functional groups attached to an aromatic ring is 1. The Morgan fingerprint density at radius 2 is 2.23 bits per heavy atom. The van der Waals surface area contributed by atoms with Crippen molar-refractivity contribution >= 4 is 23.1 Å². The van der Waals surface area contributed by atoms with Crippen LogP contribution in [0.15, 0.2) is 11.1 Å². The van der Waals surface area contributed by atoms with Gasteiger partial charge in [0.1, 0.15) is 17.3 Å². The SMILES string of the molecule is CSOC[C@H]1N[C@@H](c2c3nc[nH]c(=O)c3nn2N)[C@H](O)[C@@H]1O. The summed E-state index contributed by atoms with van der Waals surface area (Å²) in [5.41, 5.74) is 0.263. The summed E-state index contributed by atoms with van der Waals surface area (Å²) in [7, 11) is 0. The van der Waals surface area contributed by atoms with E-state index in [2.05, 4.69) is 20.4 Å². The smallest absolute Gasteiger partial charge is 0.279 e. The summed E-state index contributed by atoms with van der Waals surface area (Å²) >= 11 is 1.17. The van der Waals surface area contributed by atoms with Gasteiger partial charge in [-0.1, -0.05) is 0 Å². The molecule has 0 radical (unpaired) electrons. The molecule has 1 aliphatic rings. The summed E-state index contributed by atoms with van der Waals surface area (Å²) in [6, 6.07) is -1.19. The largest absolute Gasteiger partial charge is 0.389 e. The van der Waals surface area contributed by atoms with Crippen LogP contribution in [0.25, 0.3) is 11.0 Å². The van der Waals surface area contributed by atoms with Gasteiger partial charge in [0, 0.05) is 6.26 Å². The highest BCUT2D eigenvalue weighted by atomic mass is 32.2. The van der Waals surface area contributed by atoms with Crippen molar-refractivity contribution in [3.05, 3.63) is 22.4 Å². The van der Waals surface area contributed by atoms with Gasteiger partial charge in [-0.25, -0.2) is 4.98 Å². The van der Waals surface area contributed by atoms with E-state index in [4.69, 9.17) is 10.0 Å². The fraction of sp³-hybridized carbons (Fsp3) is 0.545. The first kappa shape index (κ1) is 15.2. The Hall–Kier alpha value is -1.66. The first-order valence-electron chi connectivity index (χ1n) is 6.53. The van der Waals surface area contributed by atoms with E-state index in [1.807, 2.05) is 0 Å². The van der Waals surface area contributed by atoms with E-state index >= 15 is 0 Å². The zero-order chi connectivity index (χ0) is 15.9. The number of hydrogen-bond acceptors (Lipinski definition) is 9. The number of aromatic nitrogens is 4. The zero-order valence-corrected chi connectivity index (χ0v) is 12.4. The summed E-state index contributed by atoms with van der Waals surface area (Å²) in [5, 5.41) is 27.4. The molecule has 11 heteroatoms. The van der Waals surface area contributed by atoms with Crippen molar-refractivity contribution in [2.24, 2.45) is 0 Å². The lowest BCUT2D eigenvalue weighted by molar-refractivity contribution is 0.0218. The molecule has 120 valence electrons. The van der Waals surface area contributed by atoms with Gasteiger partial charge >= 0.3 is 0 Å². The topological polar surface area (TPSA) is 151 Å². The molecule has 2 aromatic heterocycles. The number of hydrogen-bond donors (Lipinski definition) is 5. The Kier molecular flexibility index (Phi) is 4.06. The van der Waals surface area contributed by atoms with Crippen molar-refractivity contribution in [1.29, 1.82) is 0 Å². The van der Waals surface area contributed by atoms with Crippen LogP contribution in [0.2, 0.25) is 0 Å². The van der Waals surface area contributed by atoms with Gasteiger partial charge in [0.2, 0.25) is 0 Å². The van der Waals surface area contributed by atoms with E-state index in [9.17, 15) is 15.0 Å². The lowest BCUT2D eigenvalue weighted by Gasteiger charge is -2.15. The Morgan fingerprint density at radius 1 is 1.45 bits per heavy atom. The van der Waals surface area contributed by atoms with Gasteiger partial charge in [-0.15, -0.1) is 5.10 Å². The molecule has 0 aromatic carbocycles. The van der Waals surface area contributed by atoms with Crippen molar-refractivity contribution in [2.45, 2.75) is 24.3 Å². The predicted molar refractivity (Wildman–Crippen MR) is 79.4 cm³/mol. The highest BCUT2D eigenvalue weighted by Crippen LogP contribution is 2.30. The number of nitrogens with two attached hydrogens (primary N) is 1. The maximum Gasteiger partial charge on any atom is 0.279 e. The van der Waals surface area contributed by atoms with Crippen molar-refractivity contribution < 1.29 is 14.4 Å². The van der Waals surface area contributed by atoms with Gasteiger partial charge in [0.25, 0.3) is 5.56 Å². The molecule has 0 aliphatic carbocycles. The van der Waals surface area contributed by atoms with Crippen molar-refractivity contribution in [1.82, 2.24) is 25.2 Å². The molecule has 1 fully saturated rings. The van der Waals surface area contributed by atoms with Gasteiger partial charge in [0.15, 0.2) is 5.52 Å². The molecule has 0 saturated carbocycles. The molecule has 6 N–H and O–H groups in total. The van der Waals surface area contributed by atoms with Crippen LogP contribution >= 0.6 is 12.0 Å². The molecule has 4 atom stereocenters. The Balaban J connectivity index is 1.99. The number of H-pyrrole nitrogens is 1. The van der Waals surface area contributed by atoms with Gasteiger partial charge in [-0.05, 0) is 12.0 Å². The van der Waals surface area contributed by atoms with Crippen molar-refractivity contribution in [3.8, 4) is 0 Å². The molecule has 0 spiro atoms. The van der Waals surface area contributed by atoms with Crippen LogP contribution < -0.4 is 16.7 Å². The summed E-state index contributed by atoms with van der Waals surface area (Å²) in [4.78, 5) is 19.2. The van der Waals surface area contributed by atoms with Crippen LogP contribution in [0.3, 0.4) is 0 Å². The van der Waals surface area contributed by atoms with E-state index < -0.39 is 29.9 Å². The van der Waals surface area contributed by atoms with E-state index in [0.717, 1.165) is 4.79 Å². The van der Waals surface area contributed by atoms with Crippen LogP contribution in [-0.2, 0) is 4.18 Å². The Morgan fingerprint density at radius 3 is 2.95 bits per heavy atom. The number of nitrogens with one attached hydrogen (secondary N) is 2. The maximum atomic E-state index is 11.7. The van der Waals surface area contributed by atoms with E-state index in [1.54, 1.807) is 6.26 Å². The minimum Gasteiger partial charge on any atom is -0.389 e. The third kappa shape index (κ3) is 2.36. The van der Waals surface area contributed by atoms with Crippen LogP contribution in [0, 0.1) is 0 Å². The summed E-state index contributed by atoms with van der Waals surface area (Å²) in [6.45, 7) is 0.209. The number of rotatable bonds is 4. The minimum atomic E-state index is -1.13. The van der Waals surface area contributed by atoms with E-state index in [-0.39, 0.29) is 17.6 Å². The van der Waals surface area contributed by atoms with Crippen LogP contribution in [-0.4, -0.2) is 61.2 Å². The monoisotopic (exact) mass is 328 g/mol. The second kappa shape index (κ2) is 5.85. The number of aliphatic hydroxyl groups is 2. The fourth-order valence-electron chi connectivity index (χ4n) is 2.62. The van der Waals surface area contributed by atoms with Gasteiger partial charge in [0.05, 0.1) is 31.1 Å². The van der Waals surface area contributed by atoms with Crippen LogP contribution in [0.4, 0.5) is 0 Å². The number of aromatic amines is 1. The van der Waals surface area contributed by atoms with Gasteiger partial charge in [-0.3, -0.25) is 10.1 Å². The number of aliphatic hydroxyl groups excluding tert-OH is 2. The second-order valence-electron chi connectivity index (χ2n) is 4.94. The molecule has 22 heavy (non-hydrogen) atoms. The number of fused-ring (bicyclic) bond motifs is 1. The molecule has 0 amide bonds. The molecule has 1 aliphatic heterocycles. The molecule has 2 aromatic rings. The molecule has 1 saturated heterocycles. The highest BCUT2D eigenvalue weighted by molar-refractivity contribution is 7.93. The Bertz CT molecular complexity index is 733. The molecule has 10 nitrogen and oxygen atoms in total. The third-order valence-corrected chi connectivity index (χ3v) is 4.05. The van der Waals surface area contributed by atoms with Crippen molar-refractivity contribution in [3.63, 3.8) is 0 Å². The second-order valence-corrected chi connectivity index (χ2v) is 5.51. The average molecular weight is 328 g/mol. The molecular formula is C11H16N6O4S. The normalized spacial score (nSPS) is 28.5. The highest BCUT2D eigenvalue weighted by Gasteiger charge is 2.44. The lowest BCUT2D eigenvalue weighted by atomic mass is 10.1. The maximum absolute atomic E-state index is 11.7. The molecule has 0 bridgehead atoms. The number of nitrogens with zero attached hydrogens (tertiary/aromatic N) is 3. The lowest BCUT2D eigenvalue weighted by Crippen LogP contribution is -2.36. The van der Waals surface area contributed by atoms with Crippen molar-refractivity contribution in [2.75, 3.05) is 18.7 Å². The standard InChI is InChI=1S/C11H16N6O4S/c1-22-21-2-4-9(18)10(19)7(15-4)8-5-6(16-17(8)12)11(20)14-3-13-5/h3-4,7,9-10,15,18-19H,2,12H2,1H3,(H,13,14,20)/t4-,7+,9-,10+/m1/s1. The van der Waals surface area contributed by atoms with Gasteiger partial charge in [-0.2, -0.15) is 4.79 Å².